The predicted molar refractivity (Wildman–Crippen MR) is 94.4 cm³/mol. The van der Waals surface area contributed by atoms with Crippen molar-refractivity contribution >= 4 is 39.8 Å². The number of carbonyl (C=O) groups is 1. The summed E-state index contributed by atoms with van der Waals surface area (Å²) < 4.78 is 36.8. The van der Waals surface area contributed by atoms with Gasteiger partial charge in [0.15, 0.2) is 4.34 Å². The molecule has 0 saturated heterocycles. The highest BCUT2D eigenvalue weighted by Crippen LogP contribution is 2.27. The van der Waals surface area contributed by atoms with Gasteiger partial charge >= 0.3 is 6.18 Å². The fraction of sp³-hybridized carbons (Fsp3) is 0.400. The number of hydrogen-bond donors (Lipinski definition) is 2. The van der Waals surface area contributed by atoms with E-state index in [0.29, 0.717) is 4.34 Å². The maximum atomic E-state index is 12.1. The third kappa shape index (κ3) is 6.20. The quantitative estimate of drug-likeness (QED) is 0.697. The Bertz CT molecular complexity index is 734. The first kappa shape index (κ1) is 19.5. The molecule has 2 N–H and O–H groups in total. The van der Waals surface area contributed by atoms with E-state index in [9.17, 15) is 18.0 Å². The van der Waals surface area contributed by atoms with Crippen LogP contribution in [-0.2, 0) is 11.2 Å². The summed E-state index contributed by atoms with van der Waals surface area (Å²) in [5.74, 6) is -0.0974. The fourth-order valence-electron chi connectivity index (χ4n) is 2.02. The highest BCUT2D eigenvalue weighted by Gasteiger charge is 2.27. The Hall–Kier alpha value is -1.81. The number of benzene rings is 1. The van der Waals surface area contributed by atoms with Gasteiger partial charge in [-0.05, 0) is 24.5 Å². The Morgan fingerprint density at radius 3 is 2.76 bits per heavy atom. The first-order valence-electron chi connectivity index (χ1n) is 7.43. The van der Waals surface area contributed by atoms with Gasteiger partial charge in [-0.3, -0.25) is 4.79 Å². The van der Waals surface area contributed by atoms with E-state index in [-0.39, 0.29) is 16.8 Å². The van der Waals surface area contributed by atoms with Crippen LogP contribution in [0.1, 0.15) is 18.1 Å². The molecule has 0 spiro atoms. The van der Waals surface area contributed by atoms with E-state index < -0.39 is 12.7 Å². The van der Waals surface area contributed by atoms with Crippen LogP contribution in [0.25, 0.3) is 0 Å². The first-order chi connectivity index (χ1) is 11.8. The molecule has 0 bridgehead atoms. The maximum absolute atomic E-state index is 12.1. The summed E-state index contributed by atoms with van der Waals surface area (Å²) in [5, 5.41) is 12.5. The highest BCUT2D eigenvalue weighted by atomic mass is 32.2. The van der Waals surface area contributed by atoms with Crippen molar-refractivity contribution in [1.82, 2.24) is 10.2 Å². The van der Waals surface area contributed by atoms with Crippen molar-refractivity contribution in [2.24, 2.45) is 0 Å². The van der Waals surface area contributed by atoms with E-state index in [1.54, 1.807) is 0 Å². The van der Waals surface area contributed by atoms with Gasteiger partial charge in [0, 0.05) is 5.69 Å². The molecule has 5 nitrogen and oxygen atoms in total. The van der Waals surface area contributed by atoms with Crippen LogP contribution in [-0.4, -0.2) is 34.6 Å². The average Bonchev–Trinajstić information content (AvgIpc) is 3.00. The van der Waals surface area contributed by atoms with Crippen LogP contribution < -0.4 is 10.6 Å². The van der Waals surface area contributed by atoms with Crippen molar-refractivity contribution in [2.75, 3.05) is 22.9 Å². The maximum Gasteiger partial charge on any atom is 0.405 e. The number of halogens is 3. The second-order valence-electron chi connectivity index (χ2n) is 5.14. The number of hydrogen-bond acceptors (Lipinski definition) is 6. The monoisotopic (exact) mass is 390 g/mol. The van der Waals surface area contributed by atoms with Crippen molar-refractivity contribution < 1.29 is 18.0 Å². The van der Waals surface area contributed by atoms with Crippen LogP contribution in [0.5, 0.6) is 0 Å². The zero-order chi connectivity index (χ0) is 18.4. The summed E-state index contributed by atoms with van der Waals surface area (Å²) in [5.41, 5.74) is 2.83. The molecule has 1 aromatic heterocycles. The van der Waals surface area contributed by atoms with Crippen LogP contribution in [0.4, 0.5) is 24.0 Å². The number of aromatic nitrogens is 2. The zero-order valence-electron chi connectivity index (χ0n) is 13.6. The smallest absolute Gasteiger partial charge is 0.351 e. The van der Waals surface area contributed by atoms with E-state index >= 15 is 0 Å². The molecule has 136 valence electrons. The van der Waals surface area contributed by atoms with Gasteiger partial charge in [0.05, 0.1) is 5.75 Å². The molecule has 0 aliphatic rings. The van der Waals surface area contributed by atoms with Gasteiger partial charge in [0.1, 0.15) is 6.54 Å². The minimum atomic E-state index is -4.32. The van der Waals surface area contributed by atoms with Gasteiger partial charge in [0.2, 0.25) is 11.0 Å². The van der Waals surface area contributed by atoms with Gasteiger partial charge in [-0.2, -0.15) is 13.2 Å². The lowest BCUT2D eigenvalue weighted by atomic mass is 10.1. The van der Waals surface area contributed by atoms with Crippen molar-refractivity contribution in [1.29, 1.82) is 0 Å². The van der Waals surface area contributed by atoms with Crippen molar-refractivity contribution in [2.45, 2.75) is 30.8 Å². The van der Waals surface area contributed by atoms with Crippen LogP contribution in [0.2, 0.25) is 0 Å². The standard InChI is InChI=1S/C15H17F3N4OS2/c1-3-10-6-4-5-9(2)12(10)20-11(23)7-24-14-22-21-13(25-14)19-8-15(16,17)18/h4-6H,3,7-8H2,1-2H3,(H,19,21)(H,20,23). The highest BCUT2D eigenvalue weighted by molar-refractivity contribution is 8.01. The van der Waals surface area contributed by atoms with E-state index in [1.807, 2.05) is 32.0 Å². The molecule has 0 aliphatic carbocycles. The summed E-state index contributed by atoms with van der Waals surface area (Å²) in [4.78, 5) is 12.1. The first-order valence-corrected chi connectivity index (χ1v) is 9.24. The van der Waals surface area contributed by atoms with E-state index in [2.05, 4.69) is 20.8 Å². The van der Waals surface area contributed by atoms with Gasteiger partial charge in [-0.25, -0.2) is 0 Å². The number of rotatable bonds is 7. The third-order valence-electron chi connectivity index (χ3n) is 3.18. The number of nitrogens with one attached hydrogen (secondary N) is 2. The Balaban J connectivity index is 1.88. The van der Waals surface area contributed by atoms with Crippen LogP contribution >= 0.6 is 23.1 Å². The Kier molecular flexibility index (Phi) is 6.65. The molecule has 0 saturated carbocycles. The molecule has 1 amide bonds. The number of nitrogens with zero attached hydrogens (tertiary/aromatic N) is 2. The molecular formula is C15H17F3N4OS2. The van der Waals surface area contributed by atoms with Crippen LogP contribution in [0.15, 0.2) is 22.5 Å². The number of amides is 1. The number of alkyl halides is 3. The number of thioether (sulfide) groups is 1. The summed E-state index contributed by atoms with van der Waals surface area (Å²) in [6, 6.07) is 5.82. The summed E-state index contributed by atoms with van der Waals surface area (Å²) in [6.07, 6.45) is -3.52. The van der Waals surface area contributed by atoms with Gasteiger partial charge in [-0.1, -0.05) is 48.2 Å². The third-order valence-corrected chi connectivity index (χ3v) is 5.19. The molecule has 10 heteroatoms. The van der Waals surface area contributed by atoms with Crippen molar-refractivity contribution in [3.8, 4) is 0 Å². The molecule has 25 heavy (non-hydrogen) atoms. The lowest BCUT2D eigenvalue weighted by Gasteiger charge is -2.12. The SMILES string of the molecule is CCc1cccc(C)c1NC(=O)CSc1nnc(NCC(F)(F)F)s1. The van der Waals surface area contributed by atoms with Crippen molar-refractivity contribution in [3.05, 3.63) is 29.3 Å². The van der Waals surface area contributed by atoms with Gasteiger partial charge in [-0.15, -0.1) is 10.2 Å². The Morgan fingerprint density at radius 2 is 2.08 bits per heavy atom. The molecule has 0 unspecified atom stereocenters. The van der Waals surface area contributed by atoms with Crippen molar-refractivity contribution in [3.63, 3.8) is 0 Å². The second kappa shape index (κ2) is 8.52. The fourth-order valence-corrected chi connectivity index (χ4v) is 3.57. The Morgan fingerprint density at radius 1 is 1.32 bits per heavy atom. The number of aryl methyl sites for hydroxylation is 2. The lowest BCUT2D eigenvalue weighted by molar-refractivity contribution is -0.115. The summed E-state index contributed by atoms with van der Waals surface area (Å²) in [6.45, 7) is 2.76. The molecule has 1 heterocycles. The molecular weight excluding hydrogens is 373 g/mol. The summed E-state index contributed by atoms with van der Waals surface area (Å²) in [7, 11) is 0. The van der Waals surface area contributed by atoms with Gasteiger partial charge in [0.25, 0.3) is 0 Å². The predicted octanol–water partition coefficient (Wildman–Crippen LogP) is 4.11. The topological polar surface area (TPSA) is 66.9 Å². The molecule has 0 aliphatic heterocycles. The molecule has 1 aromatic carbocycles. The van der Waals surface area contributed by atoms with Gasteiger partial charge < -0.3 is 10.6 Å². The Labute approximate surface area is 151 Å². The number of anilines is 2. The largest absolute Gasteiger partial charge is 0.405 e. The zero-order valence-corrected chi connectivity index (χ0v) is 15.2. The van der Waals surface area contributed by atoms with Crippen LogP contribution in [0, 0.1) is 6.92 Å². The molecule has 2 aromatic rings. The van der Waals surface area contributed by atoms with E-state index in [0.717, 1.165) is 46.3 Å². The second-order valence-corrected chi connectivity index (χ2v) is 7.34. The summed E-state index contributed by atoms with van der Waals surface area (Å²) >= 11 is 2.12. The average molecular weight is 390 g/mol. The molecule has 2 rings (SSSR count). The molecule has 0 atom stereocenters. The molecule has 0 fully saturated rings. The minimum Gasteiger partial charge on any atom is -0.351 e. The van der Waals surface area contributed by atoms with Crippen LogP contribution in [0.3, 0.4) is 0 Å². The lowest BCUT2D eigenvalue weighted by Crippen LogP contribution is -2.21. The molecule has 0 radical (unpaired) electrons. The minimum absolute atomic E-state index is 0.0763. The number of para-hydroxylation sites is 1. The number of carbonyl (C=O) groups excluding carboxylic acids is 1. The van der Waals surface area contributed by atoms with E-state index in [1.165, 1.54) is 0 Å². The normalized spacial score (nSPS) is 11.4. The van der Waals surface area contributed by atoms with E-state index in [4.69, 9.17) is 0 Å².